The van der Waals surface area contributed by atoms with Gasteiger partial charge in [-0.15, -0.1) is 0 Å². The highest BCUT2D eigenvalue weighted by atomic mass is 19.4. The number of hydrogen-bond acceptors (Lipinski definition) is 8. The van der Waals surface area contributed by atoms with Gasteiger partial charge >= 0.3 is 6.18 Å². The third-order valence-electron chi connectivity index (χ3n) is 6.25. The summed E-state index contributed by atoms with van der Waals surface area (Å²) in [4.78, 5) is 18.7. The molecule has 0 radical (unpaired) electrons. The quantitative estimate of drug-likeness (QED) is 0.548. The first-order chi connectivity index (χ1) is 17.2. The Morgan fingerprint density at radius 2 is 2.03 bits per heavy atom. The van der Waals surface area contributed by atoms with Gasteiger partial charge in [-0.3, -0.25) is 4.79 Å². The van der Waals surface area contributed by atoms with E-state index in [4.69, 9.17) is 18.7 Å². The highest BCUT2D eigenvalue weighted by Gasteiger charge is 2.29. The lowest BCUT2D eigenvalue weighted by molar-refractivity contribution is -0.154. The maximum Gasteiger partial charge on any atom is 0.422 e. The molecule has 0 saturated carbocycles. The average molecular weight is 513 g/mol. The van der Waals surface area contributed by atoms with Crippen LogP contribution in [0.5, 0.6) is 11.8 Å². The van der Waals surface area contributed by atoms with Crippen molar-refractivity contribution < 1.29 is 36.7 Å². The van der Waals surface area contributed by atoms with Crippen LogP contribution in [-0.4, -0.2) is 78.7 Å². The number of alkyl halides is 3. The number of aryl methyl sites for hydroxylation is 1. The number of fused-ring (bicyclic) bond motifs is 1. The van der Waals surface area contributed by atoms with Crippen molar-refractivity contribution in [2.24, 2.45) is 0 Å². The van der Waals surface area contributed by atoms with E-state index in [-0.39, 0.29) is 36.4 Å². The molecule has 1 fully saturated rings. The molecule has 9 nitrogen and oxygen atoms in total. The van der Waals surface area contributed by atoms with E-state index in [0.717, 1.165) is 56.6 Å². The molecule has 0 bridgehead atoms. The van der Waals surface area contributed by atoms with Gasteiger partial charge in [-0.25, -0.2) is 4.98 Å². The molecule has 1 saturated heterocycles. The summed E-state index contributed by atoms with van der Waals surface area (Å²) in [5.74, 6) is 0.677. The lowest BCUT2D eigenvalue weighted by Crippen LogP contribution is -2.45. The zero-order valence-corrected chi connectivity index (χ0v) is 20.2. The Balaban J connectivity index is 1.13. The van der Waals surface area contributed by atoms with Crippen molar-refractivity contribution in [3.05, 3.63) is 35.2 Å². The van der Waals surface area contributed by atoms with Crippen molar-refractivity contribution >= 4 is 5.91 Å². The van der Waals surface area contributed by atoms with Crippen molar-refractivity contribution in [2.75, 3.05) is 39.5 Å². The van der Waals surface area contributed by atoms with E-state index in [1.165, 1.54) is 6.07 Å². The molecule has 2 atom stereocenters. The number of carbonyl (C=O) groups excluding carboxylic acids is 1. The van der Waals surface area contributed by atoms with Gasteiger partial charge in [-0.1, -0.05) is 6.07 Å². The molecule has 4 rings (SSSR count). The molecule has 2 aromatic heterocycles. The summed E-state index contributed by atoms with van der Waals surface area (Å²) in [6, 6.07) is 4.88. The van der Waals surface area contributed by atoms with Crippen molar-refractivity contribution in [1.82, 2.24) is 20.4 Å². The van der Waals surface area contributed by atoms with E-state index in [0.29, 0.717) is 18.8 Å². The average Bonchev–Trinajstić information content (AvgIpc) is 3.15. The number of aromatic nitrogens is 2. The molecule has 12 heteroatoms. The number of nitrogens with one attached hydrogen (secondary N) is 1. The minimum Gasteiger partial charge on any atom is -0.468 e. The van der Waals surface area contributed by atoms with E-state index >= 15 is 0 Å². The van der Waals surface area contributed by atoms with Gasteiger partial charge in [0.25, 0.3) is 11.8 Å². The lowest BCUT2D eigenvalue weighted by Gasteiger charge is -2.31. The van der Waals surface area contributed by atoms with Crippen LogP contribution in [0.15, 0.2) is 22.7 Å². The Labute approximate surface area is 207 Å². The van der Waals surface area contributed by atoms with Gasteiger partial charge < -0.3 is 29.0 Å². The highest BCUT2D eigenvalue weighted by Crippen LogP contribution is 2.22. The molecule has 2 aliphatic rings. The monoisotopic (exact) mass is 512 g/mol. The molecule has 2 aromatic rings. The summed E-state index contributed by atoms with van der Waals surface area (Å²) in [6.07, 6.45) is -0.257. The molecule has 0 aliphatic carbocycles. The van der Waals surface area contributed by atoms with Gasteiger partial charge in [0.05, 0.1) is 18.8 Å². The molecule has 1 amide bonds. The van der Waals surface area contributed by atoms with E-state index < -0.39 is 12.8 Å². The first-order valence-corrected chi connectivity index (χ1v) is 12.1. The second-order valence-corrected chi connectivity index (χ2v) is 9.15. The SMILES string of the molecule is Cc1cc(OCC(=O)N[C@H]2CCC(CCN3CCc4ccc(OCC(F)(F)F)nc4CC3)OC2)no1. The topological polar surface area (TPSA) is 99.0 Å². The molecule has 1 N–H and O–H groups in total. The van der Waals surface area contributed by atoms with Gasteiger partial charge in [0.2, 0.25) is 5.88 Å². The smallest absolute Gasteiger partial charge is 0.422 e. The van der Waals surface area contributed by atoms with Crippen LogP contribution in [0.1, 0.15) is 36.3 Å². The number of pyridine rings is 1. The normalized spacial score (nSPS) is 20.9. The summed E-state index contributed by atoms with van der Waals surface area (Å²) >= 11 is 0. The Morgan fingerprint density at radius 1 is 1.19 bits per heavy atom. The fraction of sp³-hybridized carbons (Fsp3) is 0.625. The molecule has 0 spiro atoms. The molecular weight excluding hydrogens is 481 g/mol. The zero-order chi connectivity index (χ0) is 25.5. The van der Waals surface area contributed by atoms with Crippen molar-refractivity contribution in [3.8, 4) is 11.8 Å². The number of rotatable bonds is 9. The summed E-state index contributed by atoms with van der Waals surface area (Å²) in [5, 5.41) is 6.61. The Kier molecular flexibility index (Phi) is 8.68. The van der Waals surface area contributed by atoms with Crippen molar-refractivity contribution in [1.29, 1.82) is 0 Å². The van der Waals surface area contributed by atoms with Crippen LogP contribution in [-0.2, 0) is 22.4 Å². The summed E-state index contributed by atoms with van der Waals surface area (Å²) < 4.78 is 58.2. The zero-order valence-electron chi connectivity index (χ0n) is 20.2. The fourth-order valence-electron chi connectivity index (χ4n) is 4.36. The van der Waals surface area contributed by atoms with Crippen LogP contribution in [0.25, 0.3) is 0 Å². The van der Waals surface area contributed by atoms with E-state index in [1.54, 1.807) is 13.0 Å². The minimum absolute atomic E-state index is 0.0107. The van der Waals surface area contributed by atoms with Crippen molar-refractivity contribution in [3.63, 3.8) is 0 Å². The summed E-state index contributed by atoms with van der Waals surface area (Å²) in [5.41, 5.74) is 1.85. The van der Waals surface area contributed by atoms with E-state index in [1.807, 2.05) is 6.07 Å². The molecule has 0 aromatic carbocycles. The number of hydrogen-bond donors (Lipinski definition) is 1. The Morgan fingerprint density at radius 3 is 2.75 bits per heavy atom. The summed E-state index contributed by atoms with van der Waals surface area (Å²) in [6.45, 7) is 3.22. The highest BCUT2D eigenvalue weighted by molar-refractivity contribution is 5.77. The largest absolute Gasteiger partial charge is 0.468 e. The number of amides is 1. The second-order valence-electron chi connectivity index (χ2n) is 9.15. The molecule has 36 heavy (non-hydrogen) atoms. The van der Waals surface area contributed by atoms with Gasteiger partial charge in [0.15, 0.2) is 13.2 Å². The van der Waals surface area contributed by atoms with Gasteiger partial charge in [0, 0.05) is 43.9 Å². The standard InChI is InChI=1S/C24H31F3N4O5/c1-16-12-23(30-36-16)34-14-21(32)28-18-3-4-19(33-13-18)7-10-31-9-6-17-2-5-22(29-20(17)8-11-31)35-15-24(25,26)27/h2,5,12,18-19H,3-4,6-11,13-15H2,1H3,(H,28,32)/t18-,19?/m0/s1. The predicted molar refractivity (Wildman–Crippen MR) is 122 cm³/mol. The molecule has 198 valence electrons. The van der Waals surface area contributed by atoms with Crippen LogP contribution in [0, 0.1) is 6.92 Å². The third kappa shape index (κ3) is 8.09. The van der Waals surface area contributed by atoms with Crippen LogP contribution >= 0.6 is 0 Å². The summed E-state index contributed by atoms with van der Waals surface area (Å²) in [7, 11) is 0. The van der Waals surface area contributed by atoms with Gasteiger partial charge in [0.1, 0.15) is 5.76 Å². The fourth-order valence-corrected chi connectivity index (χ4v) is 4.36. The molecule has 1 unspecified atom stereocenters. The van der Waals surface area contributed by atoms with Crippen LogP contribution in [0.2, 0.25) is 0 Å². The van der Waals surface area contributed by atoms with Crippen LogP contribution < -0.4 is 14.8 Å². The third-order valence-corrected chi connectivity index (χ3v) is 6.25. The lowest BCUT2D eigenvalue weighted by atomic mass is 10.0. The maximum absolute atomic E-state index is 12.4. The number of nitrogens with zero attached hydrogens (tertiary/aromatic N) is 3. The molecular formula is C24H31F3N4O5. The maximum atomic E-state index is 12.4. The van der Waals surface area contributed by atoms with Crippen molar-refractivity contribution in [2.45, 2.75) is 57.3 Å². The number of halogens is 3. The minimum atomic E-state index is -4.38. The molecule has 2 aliphatic heterocycles. The Bertz CT molecular complexity index is 1010. The predicted octanol–water partition coefficient (Wildman–Crippen LogP) is 2.85. The van der Waals surface area contributed by atoms with Gasteiger partial charge in [-0.2, -0.15) is 13.2 Å². The molecule has 4 heterocycles. The first-order valence-electron chi connectivity index (χ1n) is 12.1. The number of ether oxygens (including phenoxy) is 3. The van der Waals surface area contributed by atoms with E-state index in [2.05, 4.69) is 20.4 Å². The Hall–Kier alpha value is -2.86. The van der Waals surface area contributed by atoms with Gasteiger partial charge in [-0.05, 0) is 43.3 Å². The van der Waals surface area contributed by atoms with E-state index in [9.17, 15) is 18.0 Å². The second kappa shape index (κ2) is 11.9. The van der Waals surface area contributed by atoms with Crippen LogP contribution in [0.3, 0.4) is 0 Å². The number of carbonyl (C=O) groups is 1. The first kappa shape index (κ1) is 26.2. The van der Waals surface area contributed by atoms with Crippen LogP contribution in [0.4, 0.5) is 13.2 Å².